The number of carbonyl (C=O) groups is 1. The molecule has 0 aromatic heterocycles. The highest BCUT2D eigenvalue weighted by Gasteiger charge is 2.27. The van der Waals surface area contributed by atoms with Crippen molar-refractivity contribution in [3.05, 3.63) is 58.9 Å². The van der Waals surface area contributed by atoms with E-state index in [2.05, 4.69) is 16.7 Å². The number of aryl methyl sites for hydroxylation is 1. The summed E-state index contributed by atoms with van der Waals surface area (Å²) < 4.78 is 29.9. The molecule has 2 aromatic rings. The lowest BCUT2D eigenvalue weighted by Gasteiger charge is -2.37. The van der Waals surface area contributed by atoms with Crippen molar-refractivity contribution in [2.24, 2.45) is 0 Å². The van der Waals surface area contributed by atoms with Crippen LogP contribution in [-0.4, -0.2) is 87.2 Å². The fourth-order valence-corrected chi connectivity index (χ4v) is 4.61. The average molecular weight is 472 g/mol. The number of nitrogens with zero attached hydrogens (tertiary/aromatic N) is 3. The van der Waals surface area contributed by atoms with E-state index in [0.29, 0.717) is 19.7 Å². The van der Waals surface area contributed by atoms with Gasteiger partial charge in [-0.25, -0.2) is 4.39 Å². The van der Waals surface area contributed by atoms with Crippen LogP contribution < -0.4 is 9.47 Å². The van der Waals surface area contributed by atoms with E-state index in [1.54, 1.807) is 26.4 Å². The molecule has 2 aliphatic heterocycles. The molecule has 0 bridgehead atoms. The molecule has 1 atom stereocenters. The Bertz CT molecular complexity index is 977. The number of ether oxygens (including phenoxy) is 3. The molecule has 0 saturated carbocycles. The Morgan fingerprint density at radius 1 is 1.00 bits per heavy atom. The number of halogens is 1. The van der Waals surface area contributed by atoms with Crippen LogP contribution in [0.5, 0.6) is 11.5 Å². The van der Waals surface area contributed by atoms with E-state index < -0.39 is 0 Å². The maximum atomic E-state index is 13.2. The molecular formula is C26H34FN3O4. The molecule has 0 N–H and O–H groups in total. The first kappa shape index (κ1) is 24.4. The molecule has 184 valence electrons. The standard InChI is InChI=1S/C26H34FN3O4/c1-19-14-23(32-2)24(33-3)15-21(19)16-28-8-10-30(11-9-28)26(31)18-29-12-13-34-25(17-29)20-4-6-22(27)7-5-20/h4-7,14-15,25H,8-13,16-18H2,1-3H3/t25-/m0/s1. The Hall–Kier alpha value is -2.68. The van der Waals surface area contributed by atoms with E-state index in [1.807, 2.05) is 17.0 Å². The van der Waals surface area contributed by atoms with Gasteiger partial charge in [-0.15, -0.1) is 0 Å². The van der Waals surface area contributed by atoms with Crippen molar-refractivity contribution < 1.29 is 23.4 Å². The number of hydrogen-bond acceptors (Lipinski definition) is 6. The molecule has 34 heavy (non-hydrogen) atoms. The number of benzene rings is 2. The minimum Gasteiger partial charge on any atom is -0.493 e. The second-order valence-electron chi connectivity index (χ2n) is 8.94. The fourth-order valence-electron chi connectivity index (χ4n) is 4.61. The van der Waals surface area contributed by atoms with Gasteiger partial charge in [0.2, 0.25) is 5.91 Å². The molecule has 2 aromatic carbocycles. The molecule has 0 aliphatic carbocycles. The monoisotopic (exact) mass is 471 g/mol. The molecule has 2 saturated heterocycles. The minimum absolute atomic E-state index is 0.135. The summed E-state index contributed by atoms with van der Waals surface area (Å²) in [5.41, 5.74) is 3.31. The van der Waals surface area contributed by atoms with Crippen molar-refractivity contribution in [2.45, 2.75) is 19.6 Å². The predicted octanol–water partition coefficient (Wildman–Crippen LogP) is 2.87. The Balaban J connectivity index is 1.27. The summed E-state index contributed by atoms with van der Waals surface area (Å²) in [7, 11) is 3.30. The van der Waals surface area contributed by atoms with E-state index in [9.17, 15) is 9.18 Å². The van der Waals surface area contributed by atoms with Crippen LogP contribution in [0.4, 0.5) is 4.39 Å². The summed E-state index contributed by atoms with van der Waals surface area (Å²) in [6.07, 6.45) is -0.135. The van der Waals surface area contributed by atoms with Gasteiger partial charge in [0.15, 0.2) is 11.5 Å². The molecule has 4 rings (SSSR count). The van der Waals surface area contributed by atoms with Gasteiger partial charge < -0.3 is 19.1 Å². The third-order valence-corrected chi connectivity index (χ3v) is 6.71. The molecule has 8 heteroatoms. The number of morpholine rings is 1. The van der Waals surface area contributed by atoms with Gasteiger partial charge in [-0.3, -0.25) is 14.6 Å². The normalized spacial score (nSPS) is 19.8. The predicted molar refractivity (Wildman–Crippen MR) is 128 cm³/mol. The van der Waals surface area contributed by atoms with Crippen LogP contribution >= 0.6 is 0 Å². The summed E-state index contributed by atoms with van der Waals surface area (Å²) >= 11 is 0. The summed E-state index contributed by atoms with van der Waals surface area (Å²) in [4.78, 5) is 19.4. The van der Waals surface area contributed by atoms with Gasteiger partial charge in [-0.1, -0.05) is 12.1 Å². The van der Waals surface area contributed by atoms with E-state index in [-0.39, 0.29) is 17.8 Å². The van der Waals surface area contributed by atoms with Gasteiger partial charge in [0, 0.05) is 45.8 Å². The second-order valence-corrected chi connectivity index (χ2v) is 8.94. The van der Waals surface area contributed by atoms with Gasteiger partial charge in [-0.05, 0) is 47.9 Å². The SMILES string of the molecule is COc1cc(C)c(CN2CCN(C(=O)CN3CCO[C@H](c4ccc(F)cc4)C3)CC2)cc1OC. The zero-order valence-electron chi connectivity index (χ0n) is 20.3. The van der Waals surface area contributed by atoms with Gasteiger partial charge in [0.25, 0.3) is 0 Å². The number of hydrogen-bond donors (Lipinski definition) is 0. The molecule has 7 nitrogen and oxygen atoms in total. The van der Waals surface area contributed by atoms with Crippen LogP contribution in [0.15, 0.2) is 36.4 Å². The molecular weight excluding hydrogens is 437 g/mol. The lowest BCUT2D eigenvalue weighted by molar-refractivity contribution is -0.136. The van der Waals surface area contributed by atoms with Crippen molar-refractivity contribution in [3.63, 3.8) is 0 Å². The van der Waals surface area contributed by atoms with Gasteiger partial charge in [0.05, 0.1) is 33.5 Å². The molecule has 2 fully saturated rings. The third-order valence-electron chi connectivity index (χ3n) is 6.71. The quantitative estimate of drug-likeness (QED) is 0.619. The van der Waals surface area contributed by atoms with Crippen molar-refractivity contribution in [1.29, 1.82) is 0 Å². The topological polar surface area (TPSA) is 54.5 Å². The van der Waals surface area contributed by atoms with Gasteiger partial charge in [-0.2, -0.15) is 0 Å². The summed E-state index contributed by atoms with van der Waals surface area (Å²) in [5.74, 6) is 1.37. The Kier molecular flexibility index (Phi) is 8.03. The smallest absolute Gasteiger partial charge is 0.236 e. The Labute approximate surface area is 201 Å². The molecule has 2 aliphatic rings. The van der Waals surface area contributed by atoms with Crippen molar-refractivity contribution in [2.75, 3.05) is 66.6 Å². The van der Waals surface area contributed by atoms with E-state index in [0.717, 1.165) is 56.3 Å². The number of amides is 1. The van der Waals surface area contributed by atoms with Crippen LogP contribution in [0.2, 0.25) is 0 Å². The number of rotatable bonds is 7. The highest BCUT2D eigenvalue weighted by atomic mass is 19.1. The van der Waals surface area contributed by atoms with Crippen LogP contribution in [0, 0.1) is 12.7 Å². The molecule has 0 radical (unpaired) electrons. The van der Waals surface area contributed by atoms with E-state index in [1.165, 1.54) is 23.3 Å². The number of methoxy groups -OCH3 is 2. The van der Waals surface area contributed by atoms with E-state index in [4.69, 9.17) is 14.2 Å². The Morgan fingerprint density at radius 2 is 1.68 bits per heavy atom. The highest BCUT2D eigenvalue weighted by molar-refractivity contribution is 5.78. The average Bonchev–Trinajstić information content (AvgIpc) is 2.86. The van der Waals surface area contributed by atoms with Crippen LogP contribution in [0.3, 0.4) is 0 Å². The zero-order chi connectivity index (χ0) is 24.1. The first-order valence-corrected chi connectivity index (χ1v) is 11.8. The second kappa shape index (κ2) is 11.2. The lowest BCUT2D eigenvalue weighted by Crippen LogP contribution is -2.52. The largest absolute Gasteiger partial charge is 0.493 e. The van der Waals surface area contributed by atoms with Crippen molar-refractivity contribution in [1.82, 2.24) is 14.7 Å². The van der Waals surface area contributed by atoms with Gasteiger partial charge >= 0.3 is 0 Å². The third kappa shape index (κ3) is 5.87. The van der Waals surface area contributed by atoms with Crippen molar-refractivity contribution in [3.8, 4) is 11.5 Å². The molecule has 0 spiro atoms. The minimum atomic E-state index is -0.257. The summed E-state index contributed by atoms with van der Waals surface area (Å²) in [6, 6.07) is 10.5. The lowest BCUT2D eigenvalue weighted by atomic mass is 10.1. The van der Waals surface area contributed by atoms with Crippen LogP contribution in [0.1, 0.15) is 22.8 Å². The number of carbonyl (C=O) groups excluding carboxylic acids is 1. The first-order valence-electron chi connectivity index (χ1n) is 11.8. The van der Waals surface area contributed by atoms with E-state index >= 15 is 0 Å². The molecule has 2 heterocycles. The highest BCUT2D eigenvalue weighted by Crippen LogP contribution is 2.31. The van der Waals surface area contributed by atoms with Crippen molar-refractivity contribution >= 4 is 5.91 Å². The summed E-state index contributed by atoms with van der Waals surface area (Å²) in [6.45, 7) is 8.31. The van der Waals surface area contributed by atoms with Crippen LogP contribution in [-0.2, 0) is 16.1 Å². The van der Waals surface area contributed by atoms with Gasteiger partial charge in [0.1, 0.15) is 5.82 Å². The number of piperazine rings is 1. The van der Waals surface area contributed by atoms with Crippen LogP contribution in [0.25, 0.3) is 0 Å². The summed E-state index contributed by atoms with van der Waals surface area (Å²) in [5, 5.41) is 0. The molecule has 0 unspecified atom stereocenters. The zero-order valence-corrected chi connectivity index (χ0v) is 20.3. The maximum Gasteiger partial charge on any atom is 0.236 e. The molecule has 1 amide bonds. The maximum absolute atomic E-state index is 13.2. The fraction of sp³-hybridized carbons (Fsp3) is 0.500. The Morgan fingerprint density at radius 3 is 2.35 bits per heavy atom. The first-order chi connectivity index (χ1) is 16.5.